The molecule has 0 aliphatic heterocycles. The van der Waals surface area contributed by atoms with Gasteiger partial charge in [-0.3, -0.25) is 9.59 Å². The molecule has 2 unspecified atom stereocenters. The summed E-state index contributed by atoms with van der Waals surface area (Å²) in [4.78, 5) is 21.5. The van der Waals surface area contributed by atoms with Gasteiger partial charge in [0.05, 0.1) is 5.92 Å². The van der Waals surface area contributed by atoms with E-state index in [1.165, 1.54) is 6.92 Å². The molecule has 0 aromatic heterocycles. The highest BCUT2D eigenvalue weighted by molar-refractivity contribution is 5.76. The molecule has 0 heterocycles. The van der Waals surface area contributed by atoms with Gasteiger partial charge in [-0.25, -0.2) is 0 Å². The highest BCUT2D eigenvalue weighted by Crippen LogP contribution is 2.15. The second-order valence-electron chi connectivity index (χ2n) is 3.60. The first kappa shape index (κ1) is 11.9. The smallest absolute Gasteiger partial charge is 0.308 e. The largest absolute Gasteiger partial charge is 0.481 e. The third-order valence-corrected chi connectivity index (χ3v) is 1.97. The molecule has 76 valence electrons. The van der Waals surface area contributed by atoms with E-state index in [4.69, 9.17) is 5.11 Å². The van der Waals surface area contributed by atoms with Gasteiger partial charge in [0.1, 0.15) is 0 Å². The molecule has 0 bridgehead atoms. The molecule has 0 aliphatic carbocycles. The van der Waals surface area contributed by atoms with E-state index in [9.17, 15) is 9.59 Å². The number of hydrogen-bond acceptors (Lipinski definition) is 2. The van der Waals surface area contributed by atoms with Crippen molar-refractivity contribution < 1.29 is 14.7 Å². The van der Waals surface area contributed by atoms with Crippen LogP contribution in [0.4, 0.5) is 0 Å². The minimum Gasteiger partial charge on any atom is -0.481 e. The number of carbonyl (C=O) groups is 2. The summed E-state index contributed by atoms with van der Waals surface area (Å²) in [5.74, 6) is -1.57. The quantitative estimate of drug-likeness (QED) is 0.686. The number of carboxylic acid groups (broad SMARTS) is 1. The van der Waals surface area contributed by atoms with Gasteiger partial charge in [-0.05, 0) is 12.8 Å². The van der Waals surface area contributed by atoms with Gasteiger partial charge in [-0.2, -0.15) is 0 Å². The van der Waals surface area contributed by atoms with Gasteiger partial charge in [0.2, 0.25) is 5.91 Å². The predicted octanol–water partition coefficient (Wildman–Crippen LogP) is 0.868. The Morgan fingerprint density at radius 2 is 1.69 bits per heavy atom. The van der Waals surface area contributed by atoms with E-state index in [2.05, 4.69) is 5.32 Å². The zero-order chi connectivity index (χ0) is 10.6. The van der Waals surface area contributed by atoms with Crippen molar-refractivity contribution in [2.45, 2.75) is 33.7 Å². The van der Waals surface area contributed by atoms with Crippen LogP contribution in [0.15, 0.2) is 0 Å². The molecular weight excluding hydrogens is 170 g/mol. The summed E-state index contributed by atoms with van der Waals surface area (Å²) in [5, 5.41) is 11.5. The van der Waals surface area contributed by atoms with Crippen LogP contribution in [-0.4, -0.2) is 23.0 Å². The molecule has 4 heteroatoms. The van der Waals surface area contributed by atoms with Gasteiger partial charge in [0, 0.05) is 13.0 Å². The second-order valence-corrected chi connectivity index (χ2v) is 3.60. The Balaban J connectivity index is 4.37. The monoisotopic (exact) mass is 187 g/mol. The lowest BCUT2D eigenvalue weighted by Gasteiger charge is -2.23. The summed E-state index contributed by atoms with van der Waals surface area (Å²) in [7, 11) is 0. The number of carbonyl (C=O) groups excluding carboxylic acids is 1. The number of carboxylic acids is 1. The molecule has 2 N–H and O–H groups in total. The Hall–Kier alpha value is -1.06. The Bertz CT molecular complexity index is 201. The Morgan fingerprint density at radius 1 is 1.23 bits per heavy atom. The van der Waals surface area contributed by atoms with E-state index in [-0.39, 0.29) is 17.9 Å². The minimum atomic E-state index is -0.865. The lowest BCUT2D eigenvalue weighted by Crippen LogP contribution is -2.42. The summed E-state index contributed by atoms with van der Waals surface area (Å²) in [5.41, 5.74) is 0. The first-order valence-corrected chi connectivity index (χ1v) is 4.36. The third kappa shape index (κ3) is 3.92. The fraction of sp³-hybridized carbons (Fsp3) is 0.778. The van der Waals surface area contributed by atoms with E-state index in [0.717, 1.165) is 0 Å². The summed E-state index contributed by atoms with van der Waals surface area (Å²) in [6.07, 6.45) is 0. The molecule has 0 aromatic rings. The molecule has 0 rings (SSSR count). The lowest BCUT2D eigenvalue weighted by molar-refractivity contribution is -0.144. The van der Waals surface area contributed by atoms with Crippen LogP contribution in [0, 0.1) is 11.8 Å². The van der Waals surface area contributed by atoms with Crippen molar-refractivity contribution in [2.75, 3.05) is 0 Å². The highest BCUT2D eigenvalue weighted by atomic mass is 16.4. The summed E-state index contributed by atoms with van der Waals surface area (Å²) < 4.78 is 0. The maximum atomic E-state index is 10.8. The SMILES string of the molecule is CC(=O)NC(C)C(C(=O)O)C(C)C. The summed E-state index contributed by atoms with van der Waals surface area (Å²) >= 11 is 0. The molecule has 0 radical (unpaired) electrons. The third-order valence-electron chi connectivity index (χ3n) is 1.97. The molecule has 2 atom stereocenters. The van der Waals surface area contributed by atoms with E-state index in [1.807, 2.05) is 13.8 Å². The van der Waals surface area contributed by atoms with Crippen LogP contribution in [0.25, 0.3) is 0 Å². The molecule has 0 saturated carbocycles. The van der Waals surface area contributed by atoms with E-state index >= 15 is 0 Å². The first-order chi connectivity index (χ1) is 5.86. The average Bonchev–Trinajstić information content (AvgIpc) is 1.81. The molecular formula is C9H17NO3. The molecule has 13 heavy (non-hydrogen) atoms. The fourth-order valence-electron chi connectivity index (χ4n) is 1.49. The van der Waals surface area contributed by atoms with Crippen molar-refractivity contribution in [1.82, 2.24) is 5.32 Å². The van der Waals surface area contributed by atoms with Crippen LogP contribution in [-0.2, 0) is 9.59 Å². The Labute approximate surface area is 78.3 Å². The van der Waals surface area contributed by atoms with Gasteiger partial charge >= 0.3 is 5.97 Å². The zero-order valence-electron chi connectivity index (χ0n) is 8.50. The number of hydrogen-bond donors (Lipinski definition) is 2. The number of nitrogens with one attached hydrogen (secondary N) is 1. The van der Waals surface area contributed by atoms with Gasteiger partial charge in [-0.15, -0.1) is 0 Å². The van der Waals surface area contributed by atoms with Crippen molar-refractivity contribution in [1.29, 1.82) is 0 Å². The maximum absolute atomic E-state index is 10.8. The number of rotatable bonds is 4. The first-order valence-electron chi connectivity index (χ1n) is 4.36. The van der Waals surface area contributed by atoms with Crippen LogP contribution >= 0.6 is 0 Å². The second kappa shape index (κ2) is 4.84. The van der Waals surface area contributed by atoms with Crippen LogP contribution < -0.4 is 5.32 Å². The minimum absolute atomic E-state index is 0.0133. The van der Waals surface area contributed by atoms with Crippen LogP contribution in [0.3, 0.4) is 0 Å². The van der Waals surface area contributed by atoms with Crippen molar-refractivity contribution >= 4 is 11.9 Å². The molecule has 0 saturated heterocycles. The van der Waals surface area contributed by atoms with Crippen molar-refractivity contribution in [3.63, 3.8) is 0 Å². The van der Waals surface area contributed by atoms with Gasteiger partial charge in [-0.1, -0.05) is 13.8 Å². The molecule has 0 spiro atoms. The van der Waals surface area contributed by atoms with Crippen LogP contribution in [0.1, 0.15) is 27.7 Å². The van der Waals surface area contributed by atoms with Gasteiger partial charge in [0.25, 0.3) is 0 Å². The number of amides is 1. The summed E-state index contributed by atoms with van der Waals surface area (Å²) in [6.45, 7) is 6.75. The molecule has 4 nitrogen and oxygen atoms in total. The summed E-state index contributed by atoms with van der Waals surface area (Å²) in [6, 6.07) is -0.324. The van der Waals surface area contributed by atoms with E-state index in [1.54, 1.807) is 6.92 Å². The molecule has 1 amide bonds. The molecule has 0 fully saturated rings. The zero-order valence-corrected chi connectivity index (χ0v) is 8.50. The molecule has 0 aromatic carbocycles. The Morgan fingerprint density at radius 3 is 1.92 bits per heavy atom. The predicted molar refractivity (Wildman–Crippen MR) is 49.2 cm³/mol. The van der Waals surface area contributed by atoms with E-state index < -0.39 is 11.9 Å². The topological polar surface area (TPSA) is 66.4 Å². The highest BCUT2D eigenvalue weighted by Gasteiger charge is 2.28. The van der Waals surface area contributed by atoms with Crippen molar-refractivity contribution in [3.8, 4) is 0 Å². The van der Waals surface area contributed by atoms with Crippen LogP contribution in [0.5, 0.6) is 0 Å². The number of aliphatic carboxylic acids is 1. The fourth-order valence-corrected chi connectivity index (χ4v) is 1.49. The van der Waals surface area contributed by atoms with E-state index in [0.29, 0.717) is 0 Å². The Kier molecular flexibility index (Phi) is 4.45. The van der Waals surface area contributed by atoms with Gasteiger partial charge in [0.15, 0.2) is 0 Å². The van der Waals surface area contributed by atoms with Crippen molar-refractivity contribution in [3.05, 3.63) is 0 Å². The van der Waals surface area contributed by atoms with Crippen molar-refractivity contribution in [2.24, 2.45) is 11.8 Å². The van der Waals surface area contributed by atoms with Crippen LogP contribution in [0.2, 0.25) is 0 Å². The standard InChI is InChI=1S/C9H17NO3/c1-5(2)8(9(12)13)6(3)10-7(4)11/h5-6,8H,1-4H3,(H,10,11)(H,12,13). The molecule has 0 aliphatic rings. The lowest BCUT2D eigenvalue weighted by atomic mass is 9.89. The maximum Gasteiger partial charge on any atom is 0.308 e. The van der Waals surface area contributed by atoms with Gasteiger partial charge < -0.3 is 10.4 Å². The normalized spacial score (nSPS) is 15.2. The average molecular weight is 187 g/mol.